The lowest BCUT2D eigenvalue weighted by Gasteiger charge is -2.10. The summed E-state index contributed by atoms with van der Waals surface area (Å²) >= 11 is 6.12. The number of nitrogens with zero attached hydrogens (tertiary/aromatic N) is 1. The first-order valence-corrected chi connectivity index (χ1v) is 8.25. The second-order valence-electron chi connectivity index (χ2n) is 5.48. The van der Waals surface area contributed by atoms with Crippen molar-refractivity contribution in [1.29, 1.82) is 0 Å². The van der Waals surface area contributed by atoms with Gasteiger partial charge in [0.1, 0.15) is 5.82 Å². The molecule has 3 rings (SSSR count). The molecule has 6 nitrogen and oxygen atoms in total. The number of hydrogen-bond donors (Lipinski definition) is 2. The molecule has 1 aromatic heterocycles. The maximum Gasteiger partial charge on any atom is 0.310 e. The summed E-state index contributed by atoms with van der Waals surface area (Å²) < 4.78 is 19.0. The van der Waals surface area contributed by atoms with Crippen LogP contribution in [0.2, 0.25) is 5.02 Å². The molecule has 8 heteroatoms. The van der Waals surface area contributed by atoms with Crippen LogP contribution in [0, 0.1) is 5.82 Å². The van der Waals surface area contributed by atoms with E-state index in [0.717, 1.165) is 6.07 Å². The lowest BCUT2D eigenvalue weighted by molar-refractivity contribution is -0.142. The Balaban J connectivity index is 1.82. The molecule has 2 N–H and O–H groups in total. The summed E-state index contributed by atoms with van der Waals surface area (Å²) in [5.74, 6) is -1.74. The van der Waals surface area contributed by atoms with Crippen LogP contribution in [-0.4, -0.2) is 28.7 Å². The fraction of sp³-hybridized carbons (Fsp3) is 0.167. The van der Waals surface area contributed by atoms with E-state index in [2.05, 4.69) is 15.5 Å². The summed E-state index contributed by atoms with van der Waals surface area (Å²) in [6.07, 6.45) is -0.238. The second kappa shape index (κ2) is 7.53. The summed E-state index contributed by atoms with van der Waals surface area (Å²) in [6, 6.07) is 9.51. The minimum Gasteiger partial charge on any atom is -0.466 e. The van der Waals surface area contributed by atoms with Crippen LogP contribution < -0.4 is 5.32 Å². The Hall–Kier alpha value is -2.93. The van der Waals surface area contributed by atoms with E-state index in [-0.39, 0.29) is 35.0 Å². The molecule has 0 spiro atoms. The number of carbonyl (C=O) groups is 2. The zero-order valence-electron chi connectivity index (χ0n) is 13.8. The summed E-state index contributed by atoms with van der Waals surface area (Å²) in [5, 5.41) is 10.0. The number of fused-ring (bicyclic) bond motifs is 1. The van der Waals surface area contributed by atoms with Gasteiger partial charge in [0.25, 0.3) is 5.91 Å². The lowest BCUT2D eigenvalue weighted by atomic mass is 10.1. The molecule has 0 radical (unpaired) electrons. The van der Waals surface area contributed by atoms with Gasteiger partial charge in [-0.15, -0.1) is 0 Å². The predicted octanol–water partition coefficient (Wildman–Crippen LogP) is 3.71. The highest BCUT2D eigenvalue weighted by Crippen LogP contribution is 2.27. The van der Waals surface area contributed by atoms with Crippen LogP contribution in [0.4, 0.5) is 10.1 Å². The van der Waals surface area contributed by atoms with Gasteiger partial charge in [0.2, 0.25) is 0 Å². The van der Waals surface area contributed by atoms with Gasteiger partial charge in [0, 0.05) is 10.9 Å². The SMILES string of the molecule is CCOC(=O)Cc1cc(Cl)c(NC(=O)c2n[nH]c3ccccc23)cc1F. The molecule has 26 heavy (non-hydrogen) atoms. The van der Waals surface area contributed by atoms with Crippen LogP contribution in [-0.2, 0) is 16.0 Å². The van der Waals surface area contributed by atoms with E-state index < -0.39 is 17.7 Å². The normalized spacial score (nSPS) is 10.7. The van der Waals surface area contributed by atoms with Crippen LogP contribution in [0.1, 0.15) is 23.0 Å². The molecular weight excluding hydrogens is 361 g/mol. The average Bonchev–Trinajstić information content (AvgIpc) is 3.03. The third kappa shape index (κ3) is 3.67. The monoisotopic (exact) mass is 375 g/mol. The lowest BCUT2D eigenvalue weighted by Crippen LogP contribution is -2.14. The maximum absolute atomic E-state index is 14.2. The van der Waals surface area contributed by atoms with Gasteiger partial charge < -0.3 is 10.1 Å². The predicted molar refractivity (Wildman–Crippen MR) is 95.8 cm³/mol. The third-order valence-electron chi connectivity index (χ3n) is 3.71. The highest BCUT2D eigenvalue weighted by molar-refractivity contribution is 6.34. The van der Waals surface area contributed by atoms with Crippen molar-refractivity contribution in [2.75, 3.05) is 11.9 Å². The van der Waals surface area contributed by atoms with E-state index in [9.17, 15) is 14.0 Å². The molecule has 1 amide bonds. The van der Waals surface area contributed by atoms with Gasteiger partial charge in [0.15, 0.2) is 5.69 Å². The molecule has 0 bridgehead atoms. The minimum atomic E-state index is -0.662. The largest absolute Gasteiger partial charge is 0.466 e. The van der Waals surface area contributed by atoms with Gasteiger partial charge in [-0.25, -0.2) is 4.39 Å². The fourth-order valence-corrected chi connectivity index (χ4v) is 2.74. The summed E-state index contributed by atoms with van der Waals surface area (Å²) in [7, 11) is 0. The molecule has 2 aromatic carbocycles. The van der Waals surface area contributed by atoms with Gasteiger partial charge in [-0.3, -0.25) is 14.7 Å². The fourth-order valence-electron chi connectivity index (χ4n) is 2.50. The van der Waals surface area contributed by atoms with Gasteiger partial charge >= 0.3 is 5.97 Å². The van der Waals surface area contributed by atoms with E-state index in [4.69, 9.17) is 16.3 Å². The molecule has 0 atom stereocenters. The first-order chi connectivity index (χ1) is 12.5. The van der Waals surface area contributed by atoms with E-state index in [1.807, 2.05) is 6.07 Å². The Morgan fingerprint density at radius 3 is 2.85 bits per heavy atom. The molecule has 3 aromatic rings. The molecule has 0 aliphatic rings. The molecule has 0 fully saturated rings. The van der Waals surface area contributed by atoms with Crippen molar-refractivity contribution in [1.82, 2.24) is 10.2 Å². The molecule has 0 saturated heterocycles. The Bertz CT molecular complexity index is 987. The van der Waals surface area contributed by atoms with Crippen LogP contribution in [0.25, 0.3) is 10.9 Å². The zero-order valence-corrected chi connectivity index (χ0v) is 14.6. The van der Waals surface area contributed by atoms with Gasteiger partial charge in [-0.05, 0) is 25.1 Å². The smallest absolute Gasteiger partial charge is 0.310 e. The number of hydrogen-bond acceptors (Lipinski definition) is 4. The number of ether oxygens (including phenoxy) is 1. The third-order valence-corrected chi connectivity index (χ3v) is 4.02. The van der Waals surface area contributed by atoms with Crippen molar-refractivity contribution in [3.05, 3.63) is 58.5 Å². The Morgan fingerprint density at radius 2 is 2.08 bits per heavy atom. The van der Waals surface area contributed by atoms with Gasteiger partial charge in [-0.2, -0.15) is 5.10 Å². The number of aromatic amines is 1. The number of benzene rings is 2. The second-order valence-corrected chi connectivity index (χ2v) is 5.88. The Kier molecular flexibility index (Phi) is 5.18. The molecule has 0 aliphatic heterocycles. The number of amides is 1. The molecule has 1 heterocycles. The topological polar surface area (TPSA) is 84.1 Å². The Labute approximate surface area is 153 Å². The zero-order chi connectivity index (χ0) is 18.7. The van der Waals surface area contributed by atoms with Crippen molar-refractivity contribution in [2.45, 2.75) is 13.3 Å². The summed E-state index contributed by atoms with van der Waals surface area (Å²) in [6.45, 7) is 1.87. The number of aromatic nitrogens is 2. The highest BCUT2D eigenvalue weighted by atomic mass is 35.5. The van der Waals surface area contributed by atoms with Crippen LogP contribution in [0.15, 0.2) is 36.4 Å². The van der Waals surface area contributed by atoms with Crippen LogP contribution in [0.3, 0.4) is 0 Å². The maximum atomic E-state index is 14.2. The number of H-pyrrole nitrogens is 1. The van der Waals surface area contributed by atoms with Crippen molar-refractivity contribution >= 4 is 40.1 Å². The van der Waals surface area contributed by atoms with Crippen molar-refractivity contribution in [3.8, 4) is 0 Å². The molecule has 0 saturated carbocycles. The number of anilines is 1. The molecule has 0 aliphatic carbocycles. The Morgan fingerprint density at radius 1 is 1.31 bits per heavy atom. The van der Waals surface area contributed by atoms with E-state index in [1.54, 1.807) is 25.1 Å². The first kappa shape index (κ1) is 17.9. The standard InChI is InChI=1S/C18H15ClFN3O3/c1-2-26-16(24)8-10-7-12(19)15(9-13(10)20)21-18(25)17-11-5-3-4-6-14(11)22-23-17/h3-7,9H,2,8H2,1H3,(H,21,25)(H,22,23). The number of para-hydroxylation sites is 1. The highest BCUT2D eigenvalue weighted by Gasteiger charge is 2.18. The van der Waals surface area contributed by atoms with Crippen molar-refractivity contribution < 1.29 is 18.7 Å². The number of nitrogens with one attached hydrogen (secondary N) is 2. The quantitative estimate of drug-likeness (QED) is 0.666. The number of esters is 1. The van der Waals surface area contributed by atoms with E-state index in [1.165, 1.54) is 6.07 Å². The minimum absolute atomic E-state index is 0.0915. The van der Waals surface area contributed by atoms with E-state index in [0.29, 0.717) is 10.9 Å². The van der Waals surface area contributed by atoms with Crippen molar-refractivity contribution in [2.24, 2.45) is 0 Å². The molecular formula is C18H15ClFN3O3. The van der Waals surface area contributed by atoms with Crippen molar-refractivity contribution in [3.63, 3.8) is 0 Å². The average molecular weight is 376 g/mol. The molecule has 0 unspecified atom stereocenters. The van der Waals surface area contributed by atoms with Gasteiger partial charge in [-0.1, -0.05) is 29.8 Å². The molecule has 134 valence electrons. The summed E-state index contributed by atoms with van der Waals surface area (Å²) in [5.41, 5.74) is 1.07. The number of carbonyl (C=O) groups excluding carboxylic acids is 2. The van der Waals surface area contributed by atoms with Crippen LogP contribution in [0.5, 0.6) is 0 Å². The number of rotatable bonds is 5. The first-order valence-electron chi connectivity index (χ1n) is 7.87. The van der Waals surface area contributed by atoms with E-state index >= 15 is 0 Å². The number of halogens is 2. The van der Waals surface area contributed by atoms with Gasteiger partial charge in [0.05, 0.1) is 29.3 Å². The summed E-state index contributed by atoms with van der Waals surface area (Å²) in [4.78, 5) is 24.0. The van der Waals surface area contributed by atoms with Crippen LogP contribution >= 0.6 is 11.6 Å².